The van der Waals surface area contributed by atoms with Gasteiger partial charge >= 0.3 is 0 Å². The molecule has 2 aliphatic rings. The Morgan fingerprint density at radius 2 is 2.14 bits per heavy atom. The number of hydrogen-bond acceptors (Lipinski definition) is 4. The molecular weight excluding hydrogens is 360 g/mol. The highest BCUT2D eigenvalue weighted by Crippen LogP contribution is 2.35. The van der Waals surface area contributed by atoms with Crippen molar-refractivity contribution in [3.63, 3.8) is 0 Å². The van der Waals surface area contributed by atoms with Crippen LogP contribution in [0.4, 0.5) is 5.69 Å². The Balaban J connectivity index is 2.01. The lowest BCUT2D eigenvalue weighted by Gasteiger charge is -2.20. The highest BCUT2D eigenvalue weighted by atomic mass is 79.9. The van der Waals surface area contributed by atoms with Crippen LogP contribution in [0.3, 0.4) is 0 Å². The molecule has 0 radical (unpaired) electrons. The maximum Gasteiger partial charge on any atom is 0.244 e. The third kappa shape index (κ3) is 2.61. The number of fused-ring (bicyclic) bond motifs is 1. The van der Waals surface area contributed by atoms with Gasteiger partial charge in [-0.2, -0.15) is 4.31 Å². The monoisotopic (exact) mass is 374 g/mol. The average Bonchev–Trinajstić information content (AvgIpc) is 2.89. The second-order valence-corrected chi connectivity index (χ2v) is 8.51. The number of nitrogens with zero attached hydrogens (tertiary/aromatic N) is 1. The van der Waals surface area contributed by atoms with Crippen molar-refractivity contribution in [3.8, 4) is 0 Å². The van der Waals surface area contributed by atoms with Gasteiger partial charge in [-0.25, -0.2) is 8.42 Å². The number of aliphatic hydroxyl groups is 1. The molecule has 0 bridgehead atoms. The summed E-state index contributed by atoms with van der Waals surface area (Å²) in [4.78, 5) is 11.5. The Kier molecular flexibility index (Phi) is 3.40. The second kappa shape index (κ2) is 4.77. The number of hydrogen-bond donors (Lipinski definition) is 2. The normalized spacial score (nSPS) is 26.0. The molecule has 114 valence electrons. The molecular formula is C13H15BrN2O4S. The number of amides is 1. The van der Waals surface area contributed by atoms with Crippen LogP contribution in [-0.4, -0.2) is 42.4 Å². The van der Waals surface area contributed by atoms with Crippen molar-refractivity contribution in [3.05, 3.63) is 22.2 Å². The van der Waals surface area contributed by atoms with Crippen LogP contribution >= 0.6 is 15.9 Å². The van der Waals surface area contributed by atoms with Gasteiger partial charge in [0.05, 0.1) is 16.9 Å². The number of rotatable bonds is 2. The van der Waals surface area contributed by atoms with Gasteiger partial charge in [-0.15, -0.1) is 0 Å². The van der Waals surface area contributed by atoms with Gasteiger partial charge in [0, 0.05) is 23.2 Å². The van der Waals surface area contributed by atoms with Crippen LogP contribution in [0.15, 0.2) is 21.5 Å². The quantitative estimate of drug-likeness (QED) is 0.810. The van der Waals surface area contributed by atoms with Gasteiger partial charge in [-0.05, 0) is 47.0 Å². The van der Waals surface area contributed by atoms with Crippen LogP contribution in [0.2, 0.25) is 0 Å². The predicted molar refractivity (Wildman–Crippen MR) is 80.5 cm³/mol. The molecule has 8 heteroatoms. The Morgan fingerprint density at radius 3 is 2.76 bits per heavy atom. The summed E-state index contributed by atoms with van der Waals surface area (Å²) >= 11 is 3.26. The second-order valence-electron chi connectivity index (χ2n) is 5.75. The zero-order valence-electron chi connectivity index (χ0n) is 11.4. The first-order chi connectivity index (χ1) is 9.69. The molecule has 21 heavy (non-hydrogen) atoms. The molecule has 1 atom stereocenters. The fraction of sp³-hybridized carbons (Fsp3) is 0.462. The Hall–Kier alpha value is -0.960. The molecule has 3 rings (SSSR count). The van der Waals surface area contributed by atoms with E-state index in [-0.39, 0.29) is 30.3 Å². The number of carbonyl (C=O) groups excluding carboxylic acids is 1. The van der Waals surface area contributed by atoms with E-state index in [4.69, 9.17) is 0 Å². The van der Waals surface area contributed by atoms with E-state index in [2.05, 4.69) is 21.2 Å². The fourth-order valence-corrected chi connectivity index (χ4v) is 5.28. The summed E-state index contributed by atoms with van der Waals surface area (Å²) in [6.45, 7) is 1.99. The number of halogens is 1. The number of sulfonamides is 1. The number of nitrogens with one attached hydrogen (secondary N) is 1. The summed E-state index contributed by atoms with van der Waals surface area (Å²) in [6, 6.07) is 3.14. The van der Waals surface area contributed by atoms with Gasteiger partial charge < -0.3 is 10.4 Å². The lowest BCUT2D eigenvalue weighted by Crippen LogP contribution is -2.34. The molecule has 6 nitrogen and oxygen atoms in total. The molecule has 1 unspecified atom stereocenters. The van der Waals surface area contributed by atoms with Crippen LogP contribution in [0, 0.1) is 0 Å². The molecule has 0 saturated carbocycles. The maximum absolute atomic E-state index is 12.7. The van der Waals surface area contributed by atoms with Crippen LogP contribution in [0.1, 0.15) is 18.9 Å². The number of β-amino-alcohol motifs (C(OH)–C–C–N with tert-alkyl or cyclic N) is 1. The highest BCUT2D eigenvalue weighted by molar-refractivity contribution is 9.10. The smallest absolute Gasteiger partial charge is 0.244 e. The van der Waals surface area contributed by atoms with E-state index in [9.17, 15) is 18.3 Å². The van der Waals surface area contributed by atoms with Gasteiger partial charge in [0.25, 0.3) is 0 Å². The van der Waals surface area contributed by atoms with Crippen molar-refractivity contribution >= 4 is 37.5 Å². The summed E-state index contributed by atoms with van der Waals surface area (Å²) < 4.78 is 27.1. The molecule has 2 N–H and O–H groups in total. The van der Waals surface area contributed by atoms with Crippen LogP contribution in [0.5, 0.6) is 0 Å². The van der Waals surface area contributed by atoms with Gasteiger partial charge in [0.15, 0.2) is 0 Å². The zero-order chi connectivity index (χ0) is 15.4. The lowest BCUT2D eigenvalue weighted by atomic mass is 10.1. The third-order valence-electron chi connectivity index (χ3n) is 3.82. The van der Waals surface area contributed by atoms with Crippen molar-refractivity contribution in [2.24, 2.45) is 0 Å². The third-order valence-corrected chi connectivity index (χ3v) is 6.62. The van der Waals surface area contributed by atoms with E-state index in [1.54, 1.807) is 13.0 Å². The van der Waals surface area contributed by atoms with Crippen LogP contribution in [0.25, 0.3) is 0 Å². The number of anilines is 1. The standard InChI is InChI=1S/C13H15BrN2O4S/c1-13(18)2-3-16(7-13)21(19,20)11-4-8-5-12(17)15-10(8)6-9(11)14/h4,6,18H,2-3,5,7H2,1H3,(H,15,17). The fourth-order valence-electron chi connectivity index (χ4n) is 2.67. The zero-order valence-corrected chi connectivity index (χ0v) is 13.8. The molecule has 2 aliphatic heterocycles. The first-order valence-corrected chi connectivity index (χ1v) is 8.77. The first kappa shape index (κ1) is 15.0. The highest BCUT2D eigenvalue weighted by Gasteiger charge is 2.39. The van der Waals surface area contributed by atoms with Crippen molar-refractivity contribution in [2.45, 2.75) is 30.3 Å². The Morgan fingerprint density at radius 1 is 1.43 bits per heavy atom. The van der Waals surface area contributed by atoms with E-state index >= 15 is 0 Å². The van der Waals surface area contributed by atoms with Crippen molar-refractivity contribution in [1.82, 2.24) is 4.31 Å². The average molecular weight is 375 g/mol. The lowest BCUT2D eigenvalue weighted by molar-refractivity contribution is -0.115. The molecule has 0 spiro atoms. The number of carbonyl (C=O) groups is 1. The minimum atomic E-state index is -3.69. The van der Waals surface area contributed by atoms with Gasteiger partial charge in [-0.3, -0.25) is 4.79 Å². The molecule has 1 aromatic rings. The molecule has 1 amide bonds. The topological polar surface area (TPSA) is 86.7 Å². The summed E-state index contributed by atoms with van der Waals surface area (Å²) in [5.74, 6) is -0.143. The largest absolute Gasteiger partial charge is 0.389 e. The van der Waals surface area contributed by atoms with Crippen LogP contribution in [-0.2, 0) is 21.2 Å². The van der Waals surface area contributed by atoms with E-state index in [0.29, 0.717) is 22.1 Å². The summed E-state index contributed by atoms with van der Waals surface area (Å²) in [5, 5.41) is 12.6. The summed E-state index contributed by atoms with van der Waals surface area (Å²) in [6.07, 6.45) is 0.595. The van der Waals surface area contributed by atoms with E-state index < -0.39 is 15.6 Å². The van der Waals surface area contributed by atoms with E-state index in [1.165, 1.54) is 10.4 Å². The first-order valence-electron chi connectivity index (χ1n) is 6.54. The van der Waals surface area contributed by atoms with Gasteiger partial charge in [0.2, 0.25) is 15.9 Å². The van der Waals surface area contributed by atoms with Crippen molar-refractivity contribution in [1.29, 1.82) is 0 Å². The van der Waals surface area contributed by atoms with E-state index in [1.807, 2.05) is 0 Å². The Bertz CT molecular complexity index is 730. The van der Waals surface area contributed by atoms with Gasteiger partial charge in [-0.1, -0.05) is 0 Å². The van der Waals surface area contributed by atoms with Crippen LogP contribution < -0.4 is 5.32 Å². The predicted octanol–water partition coefficient (Wildman–Crippen LogP) is 1.09. The molecule has 0 aliphatic carbocycles. The molecule has 0 aromatic heterocycles. The summed E-state index contributed by atoms with van der Waals surface area (Å²) in [7, 11) is -3.69. The summed E-state index contributed by atoms with van der Waals surface area (Å²) in [5.41, 5.74) is 0.320. The minimum Gasteiger partial charge on any atom is -0.389 e. The van der Waals surface area contributed by atoms with Gasteiger partial charge in [0.1, 0.15) is 0 Å². The SMILES string of the molecule is CC1(O)CCN(S(=O)(=O)c2cc3c(cc2Br)NC(=O)C3)C1. The number of benzene rings is 1. The molecule has 1 saturated heterocycles. The van der Waals surface area contributed by atoms with Crippen molar-refractivity contribution < 1.29 is 18.3 Å². The maximum atomic E-state index is 12.7. The Labute approximate surface area is 131 Å². The minimum absolute atomic E-state index is 0.0794. The van der Waals surface area contributed by atoms with Crippen molar-refractivity contribution in [2.75, 3.05) is 18.4 Å². The molecule has 2 heterocycles. The van der Waals surface area contributed by atoms with E-state index in [0.717, 1.165) is 0 Å². The molecule has 1 fully saturated rings. The molecule has 1 aromatic carbocycles.